The van der Waals surface area contributed by atoms with Crippen LogP contribution < -0.4 is 5.32 Å². The van der Waals surface area contributed by atoms with Crippen LogP contribution in [0.1, 0.15) is 44.2 Å². The summed E-state index contributed by atoms with van der Waals surface area (Å²) in [5.41, 5.74) is 1.48. The lowest BCUT2D eigenvalue weighted by Crippen LogP contribution is -2.46. The summed E-state index contributed by atoms with van der Waals surface area (Å²) in [6, 6.07) is 9.24. The first-order valence-electron chi connectivity index (χ1n) is 8.74. The van der Waals surface area contributed by atoms with Gasteiger partial charge in [-0.25, -0.2) is 0 Å². The molecule has 1 aliphatic rings. The lowest BCUT2D eigenvalue weighted by atomic mass is 10.0. The summed E-state index contributed by atoms with van der Waals surface area (Å²) in [6.07, 6.45) is 5.42. The van der Waals surface area contributed by atoms with Gasteiger partial charge in [0, 0.05) is 31.6 Å². The third-order valence-electron chi connectivity index (χ3n) is 4.24. The second kappa shape index (κ2) is 9.03. The number of nitrogens with zero attached hydrogens (tertiary/aromatic N) is 2. The largest absolute Gasteiger partial charge is 0.350 e. The number of carbonyl (C=O) groups excluding carboxylic acids is 2. The van der Waals surface area contributed by atoms with Crippen molar-refractivity contribution in [2.24, 2.45) is 5.92 Å². The van der Waals surface area contributed by atoms with Crippen LogP contribution in [0.4, 0.5) is 0 Å². The Balaban J connectivity index is 1.77. The molecule has 0 atom stereocenters. The second-order valence-corrected chi connectivity index (χ2v) is 6.83. The quantitative estimate of drug-likeness (QED) is 0.838. The number of rotatable bonds is 5. The molecule has 25 heavy (non-hydrogen) atoms. The first kappa shape index (κ1) is 18.7. The summed E-state index contributed by atoms with van der Waals surface area (Å²) >= 11 is 0. The highest BCUT2D eigenvalue weighted by Gasteiger charge is 2.23. The number of hydrogen-bond donors (Lipinski definition) is 1. The van der Waals surface area contributed by atoms with Crippen LogP contribution in [0.2, 0.25) is 0 Å². The Labute approximate surface area is 149 Å². The predicted molar refractivity (Wildman–Crippen MR) is 97.4 cm³/mol. The summed E-state index contributed by atoms with van der Waals surface area (Å²) in [5, 5.41) is 11.8. The van der Waals surface area contributed by atoms with Crippen molar-refractivity contribution in [1.82, 2.24) is 10.2 Å². The molecule has 0 unspecified atom stereocenters. The van der Waals surface area contributed by atoms with Crippen molar-refractivity contribution in [3.8, 4) is 6.07 Å². The molecular weight excluding hydrogens is 314 g/mol. The Hall–Kier alpha value is -2.61. The maximum Gasteiger partial charge on any atom is 0.244 e. The lowest BCUT2D eigenvalue weighted by molar-refractivity contribution is -0.133. The normalized spacial score (nSPS) is 15.4. The van der Waals surface area contributed by atoms with Gasteiger partial charge in [0.1, 0.15) is 0 Å². The maximum atomic E-state index is 12.0. The second-order valence-electron chi connectivity index (χ2n) is 6.83. The van der Waals surface area contributed by atoms with E-state index in [9.17, 15) is 9.59 Å². The van der Waals surface area contributed by atoms with Crippen LogP contribution in [-0.2, 0) is 9.59 Å². The fraction of sp³-hybridized carbons (Fsp3) is 0.450. The van der Waals surface area contributed by atoms with E-state index in [-0.39, 0.29) is 17.9 Å². The summed E-state index contributed by atoms with van der Waals surface area (Å²) in [5.74, 6) is 0.453. The van der Waals surface area contributed by atoms with E-state index in [1.165, 1.54) is 6.08 Å². The lowest BCUT2D eigenvalue weighted by Gasteiger charge is -2.32. The molecule has 1 N–H and O–H groups in total. The van der Waals surface area contributed by atoms with E-state index < -0.39 is 0 Å². The van der Waals surface area contributed by atoms with Gasteiger partial charge < -0.3 is 10.2 Å². The van der Waals surface area contributed by atoms with Crippen LogP contribution in [0.25, 0.3) is 6.08 Å². The van der Waals surface area contributed by atoms with E-state index in [1.54, 1.807) is 30.3 Å². The highest BCUT2D eigenvalue weighted by Crippen LogP contribution is 2.14. The molecule has 132 valence electrons. The molecule has 0 saturated carbocycles. The molecule has 0 spiro atoms. The summed E-state index contributed by atoms with van der Waals surface area (Å²) in [6.45, 7) is 5.50. The third kappa shape index (κ3) is 6.07. The smallest absolute Gasteiger partial charge is 0.244 e. The van der Waals surface area contributed by atoms with Gasteiger partial charge in [0.05, 0.1) is 11.6 Å². The molecule has 5 heteroatoms. The topological polar surface area (TPSA) is 73.2 Å². The monoisotopic (exact) mass is 339 g/mol. The van der Waals surface area contributed by atoms with Crippen LogP contribution in [0.3, 0.4) is 0 Å². The van der Waals surface area contributed by atoms with Crippen molar-refractivity contribution in [1.29, 1.82) is 5.26 Å². The minimum Gasteiger partial charge on any atom is -0.350 e. The SMILES string of the molecule is CC(C)CC(=O)N1CCC(NC(=O)C=Cc2ccc(C#N)cc2)CC1. The van der Waals surface area contributed by atoms with Gasteiger partial charge in [-0.1, -0.05) is 26.0 Å². The molecule has 0 aromatic heterocycles. The Morgan fingerprint density at radius 3 is 2.48 bits per heavy atom. The molecule has 1 fully saturated rings. The fourth-order valence-electron chi connectivity index (χ4n) is 2.84. The maximum absolute atomic E-state index is 12.0. The minimum absolute atomic E-state index is 0.112. The highest BCUT2D eigenvalue weighted by molar-refractivity contribution is 5.91. The van der Waals surface area contributed by atoms with E-state index in [1.807, 2.05) is 18.7 Å². The van der Waals surface area contributed by atoms with Gasteiger partial charge >= 0.3 is 0 Å². The van der Waals surface area contributed by atoms with Gasteiger partial charge in [0.25, 0.3) is 0 Å². The molecule has 0 aliphatic carbocycles. The Morgan fingerprint density at radius 2 is 1.92 bits per heavy atom. The molecule has 1 heterocycles. The molecule has 1 aromatic carbocycles. The van der Waals surface area contributed by atoms with Crippen LogP contribution in [0.15, 0.2) is 30.3 Å². The summed E-state index contributed by atoms with van der Waals surface area (Å²) in [7, 11) is 0. The van der Waals surface area contributed by atoms with Crippen LogP contribution in [-0.4, -0.2) is 35.8 Å². The van der Waals surface area contributed by atoms with Gasteiger partial charge in [-0.15, -0.1) is 0 Å². The number of nitrogens with one attached hydrogen (secondary N) is 1. The average molecular weight is 339 g/mol. The van der Waals surface area contributed by atoms with E-state index in [2.05, 4.69) is 11.4 Å². The van der Waals surface area contributed by atoms with Gasteiger partial charge in [0.2, 0.25) is 11.8 Å². The number of amides is 2. The minimum atomic E-state index is -0.128. The average Bonchev–Trinajstić information content (AvgIpc) is 2.60. The zero-order valence-corrected chi connectivity index (χ0v) is 14.9. The number of likely N-dealkylation sites (tertiary alicyclic amines) is 1. The van der Waals surface area contributed by atoms with Crippen molar-refractivity contribution in [3.05, 3.63) is 41.5 Å². The molecule has 2 rings (SSSR count). The number of nitriles is 1. The van der Waals surface area contributed by atoms with Crippen molar-refractivity contribution in [3.63, 3.8) is 0 Å². The number of piperidine rings is 1. The van der Waals surface area contributed by atoms with E-state index >= 15 is 0 Å². The first-order valence-corrected chi connectivity index (χ1v) is 8.74. The predicted octanol–water partition coefficient (Wildman–Crippen LogP) is 2.72. The van der Waals surface area contributed by atoms with E-state index in [0.717, 1.165) is 18.4 Å². The standard InChI is InChI=1S/C20H25N3O2/c1-15(2)13-20(25)23-11-9-18(10-12-23)22-19(24)8-7-16-3-5-17(14-21)6-4-16/h3-8,15,18H,9-13H2,1-2H3,(H,22,24). The van der Waals surface area contributed by atoms with Crippen molar-refractivity contribution >= 4 is 17.9 Å². The first-order chi connectivity index (χ1) is 12.0. The highest BCUT2D eigenvalue weighted by atomic mass is 16.2. The number of carbonyl (C=O) groups is 2. The molecule has 0 radical (unpaired) electrons. The fourth-order valence-corrected chi connectivity index (χ4v) is 2.84. The third-order valence-corrected chi connectivity index (χ3v) is 4.24. The zero-order chi connectivity index (χ0) is 18.2. The molecule has 5 nitrogen and oxygen atoms in total. The molecule has 1 aromatic rings. The van der Waals surface area contributed by atoms with Crippen molar-refractivity contribution in [2.45, 2.75) is 39.2 Å². The van der Waals surface area contributed by atoms with E-state index in [4.69, 9.17) is 5.26 Å². The summed E-state index contributed by atoms with van der Waals surface area (Å²) in [4.78, 5) is 26.0. The van der Waals surface area contributed by atoms with Crippen LogP contribution in [0.5, 0.6) is 0 Å². The van der Waals surface area contributed by atoms with Crippen molar-refractivity contribution in [2.75, 3.05) is 13.1 Å². The van der Waals surface area contributed by atoms with Gasteiger partial charge in [0.15, 0.2) is 0 Å². The Kier molecular flexibility index (Phi) is 6.76. The number of hydrogen-bond acceptors (Lipinski definition) is 3. The van der Waals surface area contributed by atoms with Crippen LogP contribution in [0, 0.1) is 17.2 Å². The Bertz CT molecular complexity index is 663. The molecule has 0 bridgehead atoms. The Morgan fingerprint density at radius 1 is 1.28 bits per heavy atom. The molecular formula is C20H25N3O2. The molecule has 1 aliphatic heterocycles. The van der Waals surface area contributed by atoms with Crippen molar-refractivity contribution < 1.29 is 9.59 Å². The molecule has 2 amide bonds. The van der Waals surface area contributed by atoms with E-state index in [0.29, 0.717) is 31.0 Å². The van der Waals surface area contributed by atoms with Gasteiger partial charge in [-0.05, 0) is 42.5 Å². The zero-order valence-electron chi connectivity index (χ0n) is 14.9. The van der Waals surface area contributed by atoms with Gasteiger partial charge in [-0.2, -0.15) is 5.26 Å². The van der Waals surface area contributed by atoms with Gasteiger partial charge in [-0.3, -0.25) is 9.59 Å². The molecule has 1 saturated heterocycles. The summed E-state index contributed by atoms with van der Waals surface area (Å²) < 4.78 is 0. The number of benzene rings is 1. The van der Waals surface area contributed by atoms with Crippen LogP contribution >= 0.6 is 0 Å².